The van der Waals surface area contributed by atoms with Gasteiger partial charge in [0.2, 0.25) is 0 Å². The van der Waals surface area contributed by atoms with Crippen LogP contribution < -0.4 is 5.32 Å². The summed E-state index contributed by atoms with van der Waals surface area (Å²) in [6.45, 7) is 0. The number of nitro groups is 1. The molecule has 0 amide bonds. The number of rotatable bonds is 4. The van der Waals surface area contributed by atoms with Gasteiger partial charge in [-0.05, 0) is 12.1 Å². The van der Waals surface area contributed by atoms with Crippen LogP contribution in [0.5, 0.6) is 0 Å². The summed E-state index contributed by atoms with van der Waals surface area (Å²) in [6.07, 6.45) is 0.858. The largest absolute Gasteiger partial charge is 0.477 e. The minimum Gasteiger partial charge on any atom is -0.477 e. The van der Waals surface area contributed by atoms with Crippen molar-refractivity contribution in [2.75, 3.05) is 5.32 Å². The van der Waals surface area contributed by atoms with Crippen molar-refractivity contribution in [3.05, 3.63) is 56.2 Å². The molecule has 0 bridgehead atoms. The number of hydrogen-bond donors (Lipinski definition) is 2. The van der Waals surface area contributed by atoms with Crippen LogP contribution in [0, 0.1) is 10.1 Å². The quantitative estimate of drug-likeness (QED) is 0.654. The molecule has 0 aliphatic heterocycles. The van der Waals surface area contributed by atoms with Gasteiger partial charge in [0.1, 0.15) is 17.6 Å². The number of anilines is 2. The predicted octanol–water partition coefficient (Wildman–Crippen LogP) is 3.74. The Bertz CT molecular complexity index is 716. The number of halogens is 2. The Labute approximate surface area is 128 Å². The van der Waals surface area contributed by atoms with Crippen molar-refractivity contribution in [2.24, 2.45) is 0 Å². The maximum absolute atomic E-state index is 11.1. The summed E-state index contributed by atoms with van der Waals surface area (Å²) in [5, 5.41) is 23.1. The molecule has 7 nitrogen and oxygen atoms in total. The molecule has 2 rings (SSSR count). The van der Waals surface area contributed by atoms with Crippen molar-refractivity contribution in [1.82, 2.24) is 4.98 Å². The topological polar surface area (TPSA) is 105 Å². The number of nitrogens with one attached hydrogen (secondary N) is 1. The smallest absolute Gasteiger partial charge is 0.342 e. The number of nitrogens with zero attached hydrogens (tertiary/aromatic N) is 2. The molecular weight excluding hydrogens is 321 g/mol. The average Bonchev–Trinajstić information content (AvgIpc) is 2.42. The van der Waals surface area contributed by atoms with Crippen LogP contribution in [-0.2, 0) is 0 Å². The molecule has 0 spiro atoms. The highest BCUT2D eigenvalue weighted by atomic mass is 35.5. The number of carboxylic acids is 1. The zero-order chi connectivity index (χ0) is 15.6. The lowest BCUT2D eigenvalue weighted by Crippen LogP contribution is -2.05. The van der Waals surface area contributed by atoms with E-state index >= 15 is 0 Å². The van der Waals surface area contributed by atoms with Crippen molar-refractivity contribution >= 4 is 46.4 Å². The van der Waals surface area contributed by atoms with Crippen LogP contribution in [0.2, 0.25) is 10.0 Å². The molecule has 0 radical (unpaired) electrons. The highest BCUT2D eigenvalue weighted by molar-refractivity contribution is 6.39. The molecule has 2 N–H and O–H groups in total. The van der Waals surface area contributed by atoms with Crippen LogP contribution in [0.25, 0.3) is 0 Å². The van der Waals surface area contributed by atoms with Crippen molar-refractivity contribution in [1.29, 1.82) is 0 Å². The second-order valence-electron chi connectivity index (χ2n) is 3.87. The summed E-state index contributed by atoms with van der Waals surface area (Å²) in [6, 6.07) is 5.85. The summed E-state index contributed by atoms with van der Waals surface area (Å²) >= 11 is 11.9. The summed E-state index contributed by atoms with van der Waals surface area (Å²) in [5.41, 5.74) is -0.752. The number of carboxylic acid groups (broad SMARTS) is 1. The zero-order valence-corrected chi connectivity index (χ0v) is 11.7. The molecule has 0 unspecified atom stereocenters. The molecule has 1 aromatic carbocycles. The second-order valence-corrected chi connectivity index (χ2v) is 4.69. The van der Waals surface area contributed by atoms with E-state index in [1.807, 2.05) is 0 Å². The Kier molecular flexibility index (Phi) is 4.25. The SMILES string of the molecule is O=C(O)c1cc(Nc2c(Cl)cccc2Cl)ncc1[N+](=O)[O-]. The van der Waals surface area contributed by atoms with Crippen LogP contribution in [0.3, 0.4) is 0 Å². The Balaban J connectivity index is 2.44. The van der Waals surface area contributed by atoms with Gasteiger partial charge in [-0.2, -0.15) is 0 Å². The van der Waals surface area contributed by atoms with Crippen molar-refractivity contribution in [2.45, 2.75) is 0 Å². The molecule has 108 valence electrons. The number of benzene rings is 1. The third-order valence-electron chi connectivity index (χ3n) is 2.53. The third-order valence-corrected chi connectivity index (χ3v) is 3.16. The first kappa shape index (κ1) is 15.0. The van der Waals surface area contributed by atoms with E-state index in [1.165, 1.54) is 0 Å². The molecule has 0 aliphatic rings. The Morgan fingerprint density at radius 2 is 1.95 bits per heavy atom. The lowest BCUT2D eigenvalue weighted by atomic mass is 10.2. The standard InChI is InChI=1S/C12H7Cl2N3O4/c13-7-2-1-3-8(14)11(7)16-10-4-6(12(18)19)9(5-15-10)17(20)21/h1-5H,(H,15,16)(H,18,19). The Morgan fingerprint density at radius 1 is 1.33 bits per heavy atom. The van der Waals surface area contributed by atoms with Crippen molar-refractivity contribution < 1.29 is 14.8 Å². The summed E-state index contributed by atoms with van der Waals surface area (Å²) < 4.78 is 0. The fraction of sp³-hybridized carbons (Fsp3) is 0. The molecule has 1 heterocycles. The van der Waals surface area contributed by atoms with Gasteiger partial charge < -0.3 is 10.4 Å². The van der Waals surface area contributed by atoms with E-state index in [-0.39, 0.29) is 5.82 Å². The van der Waals surface area contributed by atoms with Gasteiger partial charge in [0, 0.05) is 6.07 Å². The highest BCUT2D eigenvalue weighted by Crippen LogP contribution is 2.32. The van der Waals surface area contributed by atoms with Gasteiger partial charge in [0.05, 0.1) is 20.7 Å². The van der Waals surface area contributed by atoms with Crippen molar-refractivity contribution in [3.63, 3.8) is 0 Å². The number of pyridine rings is 1. The molecule has 0 saturated heterocycles. The first-order valence-electron chi connectivity index (χ1n) is 5.49. The first-order chi connectivity index (χ1) is 9.90. The van der Waals surface area contributed by atoms with Crippen LogP contribution in [-0.4, -0.2) is 21.0 Å². The lowest BCUT2D eigenvalue weighted by Gasteiger charge is -2.10. The average molecular weight is 328 g/mol. The number of para-hydroxylation sites is 1. The van der Waals surface area contributed by atoms with Gasteiger partial charge in [-0.1, -0.05) is 29.3 Å². The number of aromatic carboxylic acids is 1. The maximum atomic E-state index is 11.1. The summed E-state index contributed by atoms with van der Waals surface area (Å²) in [5.74, 6) is -1.36. The monoisotopic (exact) mass is 327 g/mol. The Hall–Kier alpha value is -2.38. The van der Waals surface area contributed by atoms with Gasteiger partial charge in [-0.25, -0.2) is 9.78 Å². The first-order valence-corrected chi connectivity index (χ1v) is 6.24. The van der Waals surface area contributed by atoms with E-state index in [4.69, 9.17) is 28.3 Å². The minimum absolute atomic E-state index is 0.0769. The van der Waals surface area contributed by atoms with E-state index < -0.39 is 22.1 Å². The normalized spacial score (nSPS) is 10.2. The molecule has 0 fully saturated rings. The summed E-state index contributed by atoms with van der Waals surface area (Å²) in [7, 11) is 0. The predicted molar refractivity (Wildman–Crippen MR) is 77.6 cm³/mol. The fourth-order valence-electron chi connectivity index (χ4n) is 1.58. The maximum Gasteiger partial charge on any atom is 0.342 e. The van der Waals surface area contributed by atoms with Crippen LogP contribution >= 0.6 is 23.2 Å². The molecule has 21 heavy (non-hydrogen) atoms. The van der Waals surface area contributed by atoms with Crippen molar-refractivity contribution in [3.8, 4) is 0 Å². The molecule has 2 aromatic rings. The number of hydrogen-bond acceptors (Lipinski definition) is 5. The minimum atomic E-state index is -1.43. The van der Waals surface area contributed by atoms with Gasteiger partial charge in [-0.3, -0.25) is 10.1 Å². The molecule has 0 saturated carbocycles. The number of carbonyl (C=O) groups is 1. The molecule has 0 aliphatic carbocycles. The van der Waals surface area contributed by atoms with Crippen LogP contribution in [0.15, 0.2) is 30.5 Å². The summed E-state index contributed by atoms with van der Waals surface area (Å²) in [4.78, 5) is 24.8. The fourth-order valence-corrected chi connectivity index (χ4v) is 2.07. The van der Waals surface area contributed by atoms with E-state index in [9.17, 15) is 14.9 Å². The van der Waals surface area contributed by atoms with Gasteiger partial charge in [-0.15, -0.1) is 0 Å². The van der Waals surface area contributed by atoms with E-state index in [2.05, 4.69) is 10.3 Å². The van der Waals surface area contributed by atoms with Gasteiger partial charge in [0.25, 0.3) is 0 Å². The van der Waals surface area contributed by atoms with E-state index in [1.54, 1.807) is 18.2 Å². The second kappa shape index (κ2) is 5.94. The van der Waals surface area contributed by atoms with Crippen LogP contribution in [0.1, 0.15) is 10.4 Å². The van der Waals surface area contributed by atoms with Crippen LogP contribution in [0.4, 0.5) is 17.2 Å². The van der Waals surface area contributed by atoms with E-state index in [0.717, 1.165) is 12.3 Å². The third kappa shape index (κ3) is 3.21. The zero-order valence-electron chi connectivity index (χ0n) is 10.2. The highest BCUT2D eigenvalue weighted by Gasteiger charge is 2.21. The molecule has 1 aromatic heterocycles. The van der Waals surface area contributed by atoms with Gasteiger partial charge in [0.15, 0.2) is 0 Å². The molecule has 9 heteroatoms. The molecular formula is C12H7Cl2N3O4. The van der Waals surface area contributed by atoms with Gasteiger partial charge >= 0.3 is 11.7 Å². The molecule has 0 atom stereocenters. The van der Waals surface area contributed by atoms with E-state index in [0.29, 0.717) is 15.7 Å². The number of aromatic nitrogens is 1. The Morgan fingerprint density at radius 3 is 2.48 bits per heavy atom. The lowest BCUT2D eigenvalue weighted by molar-refractivity contribution is -0.385.